The Labute approximate surface area is 259 Å². The minimum Gasteiger partial charge on any atom is -0.479 e. The lowest BCUT2D eigenvalue weighted by molar-refractivity contribution is -0.148. The molecule has 10 heteroatoms. The second-order valence-corrected chi connectivity index (χ2v) is 13.7. The molecule has 7 aliphatic rings. The van der Waals surface area contributed by atoms with E-state index in [9.17, 15) is 24.6 Å². The Kier molecular flexibility index (Phi) is 5.98. The first-order valence-corrected chi connectivity index (χ1v) is 15.8. The van der Waals surface area contributed by atoms with Crippen molar-refractivity contribution in [1.29, 1.82) is 0 Å². The second-order valence-electron chi connectivity index (χ2n) is 13.7. The molecule has 1 amide bonds. The van der Waals surface area contributed by atoms with Crippen LogP contribution >= 0.6 is 0 Å². The minimum absolute atomic E-state index is 0.00544. The van der Waals surface area contributed by atoms with E-state index in [-0.39, 0.29) is 48.8 Å². The standard InChI is InChI=1S/C35H34FN3O6/c1-3-35(44)22-12-26-31-20(14-39(26)27(15-40)21(22)17-45-28(35)16-41)30-24(5-4-19-18(2)23(36)13-25(37-31)29(19)30)38-32(42)33-6-9-34(43,10-7-33)11-8-33/h12-13,24,43-44H,3-11,14,17H2,1-2H3,(H,38,42)/t24-,33?,34?,35-/m0/s1. The number of nitrogens with one attached hydrogen (secondary N) is 1. The smallest absolute Gasteiger partial charge is 0.226 e. The van der Waals surface area contributed by atoms with Gasteiger partial charge in [-0.25, -0.2) is 19.0 Å². The average molecular weight is 612 g/mol. The molecule has 3 aliphatic heterocycles. The lowest BCUT2D eigenvalue weighted by atomic mass is 9.58. The van der Waals surface area contributed by atoms with Gasteiger partial charge in [0.2, 0.25) is 11.7 Å². The number of pyridine rings is 1. The molecule has 9 nitrogen and oxygen atoms in total. The van der Waals surface area contributed by atoms with Crippen LogP contribution in [0.25, 0.3) is 16.6 Å². The van der Waals surface area contributed by atoms with Crippen LogP contribution < -0.4 is 5.32 Å². The van der Waals surface area contributed by atoms with E-state index in [0.717, 1.165) is 22.1 Å². The van der Waals surface area contributed by atoms with E-state index in [1.54, 1.807) is 30.8 Å². The summed E-state index contributed by atoms with van der Waals surface area (Å²) in [5, 5.41) is 26.6. The van der Waals surface area contributed by atoms with Gasteiger partial charge in [0.05, 0.1) is 35.1 Å². The van der Waals surface area contributed by atoms with Crippen molar-refractivity contribution in [2.75, 3.05) is 6.61 Å². The summed E-state index contributed by atoms with van der Waals surface area (Å²) in [4.78, 5) is 45.1. The first kappa shape index (κ1) is 28.4. The van der Waals surface area contributed by atoms with Gasteiger partial charge in [-0.05, 0) is 87.5 Å². The van der Waals surface area contributed by atoms with Crippen LogP contribution in [-0.2, 0) is 32.1 Å². The Balaban J connectivity index is 1.30. The molecule has 3 N–H and O–H groups in total. The van der Waals surface area contributed by atoms with Crippen molar-refractivity contribution in [2.24, 2.45) is 5.41 Å². The Hall–Kier alpha value is -4.07. The van der Waals surface area contributed by atoms with Crippen molar-refractivity contribution in [2.45, 2.75) is 95.4 Å². The molecule has 2 aromatic rings. The minimum atomic E-state index is -1.79. The van der Waals surface area contributed by atoms with Gasteiger partial charge in [0.25, 0.3) is 0 Å². The number of hydrogen-bond acceptors (Lipinski definition) is 8. The van der Waals surface area contributed by atoms with Crippen LogP contribution in [-0.4, -0.2) is 55.7 Å². The molecule has 0 saturated heterocycles. The highest BCUT2D eigenvalue weighted by Gasteiger charge is 2.53. The second kappa shape index (κ2) is 9.47. The summed E-state index contributed by atoms with van der Waals surface area (Å²) in [5.41, 5.74) is 2.69. The molecule has 3 saturated carbocycles. The number of benzene rings is 1. The molecule has 0 radical (unpaired) electrons. The molecular weight excluding hydrogens is 577 g/mol. The largest absolute Gasteiger partial charge is 0.479 e. The summed E-state index contributed by atoms with van der Waals surface area (Å²) < 4.78 is 20.9. The summed E-state index contributed by atoms with van der Waals surface area (Å²) in [6.07, 6.45) is 6.82. The lowest BCUT2D eigenvalue weighted by Gasteiger charge is -2.50. The third kappa shape index (κ3) is 3.74. The number of ether oxygens (including phenoxy) is 1. The molecule has 2 bridgehead atoms. The van der Waals surface area contributed by atoms with Crippen LogP contribution in [0.2, 0.25) is 0 Å². The number of rotatable bonds is 3. The number of carbonyl (C=O) groups is 1. The van der Waals surface area contributed by atoms with Gasteiger partial charge >= 0.3 is 0 Å². The maximum atomic E-state index is 15.3. The van der Waals surface area contributed by atoms with Gasteiger partial charge in [0, 0.05) is 33.6 Å². The summed E-state index contributed by atoms with van der Waals surface area (Å²) >= 11 is 0. The van der Waals surface area contributed by atoms with Crippen LogP contribution in [0, 0.1) is 18.2 Å². The van der Waals surface area contributed by atoms with Crippen molar-refractivity contribution >= 4 is 34.4 Å². The molecule has 3 fully saturated rings. The number of carbonyl (C=O) groups excluding carboxylic acids is 3. The number of amides is 1. The van der Waals surface area contributed by atoms with Gasteiger partial charge in [-0.15, -0.1) is 0 Å². The third-order valence-corrected chi connectivity index (χ3v) is 11.7. The van der Waals surface area contributed by atoms with Crippen molar-refractivity contribution in [3.63, 3.8) is 0 Å². The van der Waals surface area contributed by atoms with Crippen LogP contribution in [0.3, 0.4) is 0 Å². The topological polar surface area (TPSA) is 129 Å². The van der Waals surface area contributed by atoms with Crippen molar-refractivity contribution < 1.29 is 33.7 Å². The van der Waals surface area contributed by atoms with Gasteiger partial charge in [-0.1, -0.05) is 6.92 Å². The number of aliphatic hydroxyl groups is 2. The number of nitrogens with zero attached hydrogens (tertiary/aromatic N) is 2. The van der Waals surface area contributed by atoms with E-state index in [4.69, 9.17) is 9.72 Å². The number of hydrogen-bond donors (Lipinski definition) is 3. The zero-order valence-electron chi connectivity index (χ0n) is 25.3. The third-order valence-electron chi connectivity index (χ3n) is 11.7. The van der Waals surface area contributed by atoms with Crippen LogP contribution in [0.15, 0.2) is 34.7 Å². The van der Waals surface area contributed by atoms with E-state index in [0.29, 0.717) is 85.0 Å². The lowest BCUT2D eigenvalue weighted by Crippen LogP contribution is -2.53. The van der Waals surface area contributed by atoms with E-state index in [2.05, 4.69) is 11.3 Å². The maximum absolute atomic E-state index is 15.3. The molecule has 9 rings (SSSR count). The normalized spacial score (nSPS) is 31.1. The van der Waals surface area contributed by atoms with Gasteiger partial charge in [0.15, 0.2) is 17.5 Å². The monoisotopic (exact) mass is 611 g/mol. The van der Waals surface area contributed by atoms with Crippen molar-refractivity contribution in [3.8, 4) is 0 Å². The summed E-state index contributed by atoms with van der Waals surface area (Å²) in [5.74, 6) is 3.17. The van der Waals surface area contributed by atoms with Gasteiger partial charge in [-0.3, -0.25) is 4.79 Å². The zero-order valence-corrected chi connectivity index (χ0v) is 25.3. The first-order valence-electron chi connectivity index (χ1n) is 15.8. The van der Waals surface area contributed by atoms with Gasteiger partial charge in [0.1, 0.15) is 18.1 Å². The number of aromatic nitrogens is 1. The van der Waals surface area contributed by atoms with Crippen LogP contribution in [0.4, 0.5) is 4.39 Å². The highest BCUT2D eigenvalue weighted by Crippen LogP contribution is 2.54. The van der Waals surface area contributed by atoms with Gasteiger partial charge < -0.3 is 25.2 Å². The molecule has 1 aromatic carbocycles. The average Bonchev–Trinajstić information content (AvgIpc) is 3.41. The van der Waals surface area contributed by atoms with Crippen LogP contribution in [0.5, 0.6) is 0 Å². The number of fused-ring (bicyclic) bond motifs is 7. The number of halogens is 1. The molecule has 4 heterocycles. The molecule has 45 heavy (non-hydrogen) atoms. The fourth-order valence-corrected chi connectivity index (χ4v) is 8.82. The summed E-state index contributed by atoms with van der Waals surface area (Å²) in [7, 11) is 0. The first-order chi connectivity index (χ1) is 21.6. The molecular formula is C35H34FN3O6. The highest BCUT2D eigenvalue weighted by molar-refractivity contribution is 5.95. The van der Waals surface area contributed by atoms with E-state index < -0.39 is 16.6 Å². The highest BCUT2D eigenvalue weighted by atomic mass is 19.1. The Morgan fingerprint density at radius 2 is 1.89 bits per heavy atom. The summed E-state index contributed by atoms with van der Waals surface area (Å²) in [6, 6.07) is 1.07. The van der Waals surface area contributed by atoms with E-state index >= 15 is 4.39 Å². The van der Waals surface area contributed by atoms with E-state index in [1.165, 1.54) is 6.07 Å². The molecule has 0 spiro atoms. The summed E-state index contributed by atoms with van der Waals surface area (Å²) in [6.45, 7) is 3.64. The molecule has 4 aliphatic carbocycles. The number of aryl methyl sites for hydroxylation is 1. The Morgan fingerprint density at radius 3 is 2.56 bits per heavy atom. The van der Waals surface area contributed by atoms with Crippen LogP contribution in [0.1, 0.15) is 92.3 Å². The molecule has 232 valence electrons. The van der Waals surface area contributed by atoms with Gasteiger partial charge in [-0.2, -0.15) is 0 Å². The predicted octanol–water partition coefficient (Wildman–Crippen LogP) is 3.94. The quantitative estimate of drug-likeness (QED) is 0.446. The molecule has 2 atom stereocenters. The predicted molar refractivity (Wildman–Crippen MR) is 161 cm³/mol. The fraction of sp³-hybridized carbons (Fsp3) is 0.486. The van der Waals surface area contributed by atoms with Crippen molar-refractivity contribution in [1.82, 2.24) is 15.2 Å². The SMILES string of the molecule is CC[C@@]1(O)C(=C=O)OCC2=C1C=C1c3nc4cc(F)c(C)c5c4c(c3CN1C2=C=O)[C@@H](NC(=O)C12CCC(O)(CC1)CC2)CC5. The Morgan fingerprint density at radius 1 is 1.16 bits per heavy atom. The maximum Gasteiger partial charge on any atom is 0.226 e. The van der Waals surface area contributed by atoms with Crippen molar-refractivity contribution in [3.05, 3.63) is 68.5 Å². The Bertz CT molecular complexity index is 1890. The fourth-order valence-electron chi connectivity index (χ4n) is 8.82. The molecule has 0 unspecified atom stereocenters. The molecule has 1 aromatic heterocycles. The zero-order chi connectivity index (χ0) is 31.5. The van der Waals surface area contributed by atoms with E-state index in [1.807, 2.05) is 0 Å².